The van der Waals surface area contributed by atoms with E-state index in [1.165, 1.54) is 28.8 Å². The Hall–Kier alpha value is -2.91. The molecule has 0 bridgehead atoms. The fraction of sp³-hybridized carbons (Fsp3) is 0.250. The molecule has 1 saturated heterocycles. The molecule has 0 saturated carbocycles. The molecule has 30 heavy (non-hydrogen) atoms. The number of aliphatic imine (C=N–C) groups is 1. The zero-order valence-electron chi connectivity index (χ0n) is 16.3. The Labute approximate surface area is 182 Å². The minimum absolute atomic E-state index is 0.0183. The molecule has 1 atom stereocenters. The van der Waals surface area contributed by atoms with Crippen molar-refractivity contribution in [2.24, 2.45) is 4.99 Å². The number of benzene rings is 2. The van der Waals surface area contributed by atoms with E-state index in [2.05, 4.69) is 10.3 Å². The van der Waals surface area contributed by atoms with Crippen LogP contribution in [0.2, 0.25) is 5.02 Å². The number of amidine groups is 1. The fourth-order valence-electron chi connectivity index (χ4n) is 2.86. The number of nitrogens with one attached hydrogen (secondary N) is 1. The number of non-ortho nitro benzene ring substituents is 1. The molecule has 2 aromatic rings. The second-order valence-corrected chi connectivity index (χ2v) is 8.18. The van der Waals surface area contributed by atoms with Crippen molar-refractivity contribution in [1.29, 1.82) is 0 Å². The van der Waals surface area contributed by atoms with Crippen LogP contribution in [-0.4, -0.2) is 38.6 Å². The van der Waals surface area contributed by atoms with Crippen LogP contribution < -0.4 is 5.32 Å². The number of thioether (sulfide) groups is 1. The zero-order valence-corrected chi connectivity index (χ0v) is 17.9. The summed E-state index contributed by atoms with van der Waals surface area (Å²) in [7, 11) is 0. The van der Waals surface area contributed by atoms with Gasteiger partial charge in [0.25, 0.3) is 5.69 Å². The van der Waals surface area contributed by atoms with Crippen LogP contribution in [0, 0.1) is 17.0 Å². The smallest absolute Gasteiger partial charge is 0.271 e. The van der Waals surface area contributed by atoms with Gasteiger partial charge in [-0.25, -0.2) is 4.99 Å². The van der Waals surface area contributed by atoms with Crippen LogP contribution in [0.25, 0.3) is 0 Å². The van der Waals surface area contributed by atoms with Gasteiger partial charge >= 0.3 is 0 Å². The van der Waals surface area contributed by atoms with E-state index in [4.69, 9.17) is 11.6 Å². The van der Waals surface area contributed by atoms with Gasteiger partial charge in [-0.1, -0.05) is 29.4 Å². The Bertz CT molecular complexity index is 1030. The topological polar surface area (TPSA) is 105 Å². The number of halogens is 1. The van der Waals surface area contributed by atoms with E-state index in [1.54, 1.807) is 37.3 Å². The largest absolute Gasteiger partial charge is 0.326 e. The van der Waals surface area contributed by atoms with Gasteiger partial charge in [0.05, 0.1) is 10.6 Å². The summed E-state index contributed by atoms with van der Waals surface area (Å²) in [4.78, 5) is 41.7. The van der Waals surface area contributed by atoms with E-state index in [0.29, 0.717) is 28.1 Å². The lowest BCUT2D eigenvalue weighted by Crippen LogP contribution is -2.33. The number of anilines is 1. The van der Waals surface area contributed by atoms with Gasteiger partial charge in [-0.05, 0) is 43.7 Å². The Morgan fingerprint density at radius 3 is 2.63 bits per heavy atom. The third-order valence-corrected chi connectivity index (χ3v) is 5.88. The number of nitrogens with zero attached hydrogens (tertiary/aromatic N) is 3. The lowest BCUT2D eigenvalue weighted by molar-refractivity contribution is -0.384. The van der Waals surface area contributed by atoms with E-state index in [9.17, 15) is 19.7 Å². The molecule has 1 unspecified atom stereocenters. The molecule has 1 heterocycles. The maximum atomic E-state index is 12.7. The number of rotatable bonds is 6. The maximum absolute atomic E-state index is 12.7. The average molecular weight is 447 g/mol. The highest BCUT2D eigenvalue weighted by Crippen LogP contribution is 2.33. The van der Waals surface area contributed by atoms with Crippen molar-refractivity contribution in [3.63, 3.8) is 0 Å². The highest BCUT2D eigenvalue weighted by atomic mass is 35.5. The summed E-state index contributed by atoms with van der Waals surface area (Å²) in [6.07, 6.45) is -0.0183. The number of hydrogen-bond donors (Lipinski definition) is 1. The van der Waals surface area contributed by atoms with E-state index >= 15 is 0 Å². The molecule has 2 aromatic carbocycles. The maximum Gasteiger partial charge on any atom is 0.271 e. The lowest BCUT2D eigenvalue weighted by Gasteiger charge is -2.13. The van der Waals surface area contributed by atoms with E-state index in [1.807, 2.05) is 6.92 Å². The van der Waals surface area contributed by atoms with Crippen LogP contribution >= 0.6 is 23.4 Å². The molecule has 1 aliphatic heterocycles. The summed E-state index contributed by atoms with van der Waals surface area (Å²) in [5, 5.41) is 14.2. The standard InChI is InChI=1S/C20H19ClN4O4S/c1-3-24-19(27)17(11-18(26)22-14-7-5-13(21)6-8-14)30-20(24)23-16-10-15(25(28)29)9-4-12(16)2/h4-10,17H,3,11H2,1-2H3,(H,22,26). The first-order valence-electron chi connectivity index (χ1n) is 9.15. The van der Waals surface area contributed by atoms with Crippen molar-refractivity contribution in [3.05, 3.63) is 63.2 Å². The van der Waals surface area contributed by atoms with Gasteiger partial charge in [-0.2, -0.15) is 0 Å². The molecule has 2 amide bonds. The van der Waals surface area contributed by atoms with Crippen molar-refractivity contribution in [2.45, 2.75) is 25.5 Å². The number of carbonyl (C=O) groups is 2. The summed E-state index contributed by atoms with van der Waals surface area (Å²) in [6, 6.07) is 11.1. The van der Waals surface area contributed by atoms with Gasteiger partial charge < -0.3 is 5.32 Å². The number of hydrogen-bond acceptors (Lipinski definition) is 6. The van der Waals surface area contributed by atoms with Crippen LogP contribution in [0.5, 0.6) is 0 Å². The molecule has 0 aromatic heterocycles. The molecule has 156 valence electrons. The third kappa shape index (κ3) is 4.98. The molecule has 1 N–H and O–H groups in total. The predicted octanol–water partition coefficient (Wildman–Crippen LogP) is 4.54. The Morgan fingerprint density at radius 2 is 2.00 bits per heavy atom. The normalized spacial score (nSPS) is 17.4. The van der Waals surface area contributed by atoms with Crippen LogP contribution in [0.15, 0.2) is 47.5 Å². The quantitative estimate of drug-likeness (QED) is 0.518. The third-order valence-electron chi connectivity index (χ3n) is 4.45. The summed E-state index contributed by atoms with van der Waals surface area (Å²) in [5.74, 6) is -0.511. The Morgan fingerprint density at radius 1 is 1.30 bits per heavy atom. The average Bonchev–Trinajstić information content (AvgIpc) is 2.99. The first-order chi connectivity index (χ1) is 14.3. The minimum atomic E-state index is -0.616. The first-order valence-corrected chi connectivity index (χ1v) is 10.4. The van der Waals surface area contributed by atoms with Crippen molar-refractivity contribution in [2.75, 3.05) is 11.9 Å². The summed E-state index contributed by atoms with van der Waals surface area (Å²) >= 11 is 7.03. The first kappa shape index (κ1) is 21.8. The van der Waals surface area contributed by atoms with Crippen molar-refractivity contribution in [3.8, 4) is 0 Å². The fourth-order valence-corrected chi connectivity index (χ4v) is 4.21. The van der Waals surface area contributed by atoms with Crippen LogP contribution in [0.3, 0.4) is 0 Å². The number of carbonyl (C=O) groups excluding carboxylic acids is 2. The van der Waals surface area contributed by atoms with Gasteiger partial charge in [0, 0.05) is 35.8 Å². The van der Waals surface area contributed by atoms with E-state index < -0.39 is 10.2 Å². The number of amides is 2. The van der Waals surface area contributed by atoms with Gasteiger partial charge in [-0.3, -0.25) is 24.6 Å². The molecule has 3 rings (SSSR count). The second-order valence-electron chi connectivity index (χ2n) is 6.57. The lowest BCUT2D eigenvalue weighted by atomic mass is 10.2. The molecular formula is C20H19ClN4O4S. The van der Waals surface area contributed by atoms with Gasteiger partial charge in [-0.15, -0.1) is 0 Å². The van der Waals surface area contributed by atoms with Crippen molar-refractivity contribution < 1.29 is 14.5 Å². The Balaban J connectivity index is 1.77. The molecule has 0 radical (unpaired) electrons. The highest BCUT2D eigenvalue weighted by molar-refractivity contribution is 8.15. The van der Waals surface area contributed by atoms with Crippen molar-refractivity contribution >= 4 is 57.4 Å². The second kappa shape index (κ2) is 9.27. The molecule has 0 aliphatic carbocycles. The monoisotopic (exact) mass is 446 g/mol. The molecule has 10 heteroatoms. The van der Waals surface area contributed by atoms with Crippen LogP contribution in [0.1, 0.15) is 18.9 Å². The highest BCUT2D eigenvalue weighted by Gasteiger charge is 2.38. The van der Waals surface area contributed by atoms with Crippen molar-refractivity contribution in [1.82, 2.24) is 4.90 Å². The number of nitro benzene ring substituents is 1. The van der Waals surface area contributed by atoms with Crippen LogP contribution in [0.4, 0.5) is 17.1 Å². The number of nitro groups is 1. The van der Waals surface area contributed by atoms with E-state index in [0.717, 1.165) is 5.56 Å². The summed E-state index contributed by atoms with van der Waals surface area (Å²) in [5.41, 5.74) is 1.69. The number of aryl methyl sites for hydroxylation is 1. The molecule has 0 spiro atoms. The molecular weight excluding hydrogens is 428 g/mol. The van der Waals surface area contributed by atoms with Gasteiger partial charge in [0.1, 0.15) is 5.25 Å². The minimum Gasteiger partial charge on any atom is -0.326 e. The van der Waals surface area contributed by atoms with Gasteiger partial charge in [0.15, 0.2) is 5.17 Å². The zero-order chi connectivity index (χ0) is 21.8. The van der Waals surface area contributed by atoms with Gasteiger partial charge in [0.2, 0.25) is 11.8 Å². The molecule has 1 fully saturated rings. The summed E-state index contributed by atoms with van der Waals surface area (Å²) in [6.45, 7) is 3.98. The Kier molecular flexibility index (Phi) is 6.73. The SMILES string of the molecule is CCN1C(=O)C(CC(=O)Nc2ccc(Cl)cc2)SC1=Nc1cc([N+](=O)[O-])ccc1C. The summed E-state index contributed by atoms with van der Waals surface area (Å²) < 4.78 is 0. The van der Waals surface area contributed by atoms with Crippen LogP contribution in [-0.2, 0) is 9.59 Å². The van der Waals surface area contributed by atoms with E-state index in [-0.39, 0.29) is 23.9 Å². The predicted molar refractivity (Wildman–Crippen MR) is 118 cm³/mol. The molecule has 8 nitrogen and oxygen atoms in total. The molecule has 1 aliphatic rings.